The molecule has 2 aliphatic rings. The van der Waals surface area contributed by atoms with Crippen LogP contribution in [0.1, 0.15) is 60.9 Å². The van der Waals surface area contributed by atoms with Gasteiger partial charge in [0.15, 0.2) is 5.82 Å². The summed E-state index contributed by atoms with van der Waals surface area (Å²) in [6.07, 6.45) is 6.01. The van der Waals surface area contributed by atoms with Gasteiger partial charge in [0.1, 0.15) is 11.5 Å². The Kier molecular flexibility index (Phi) is 5.10. The van der Waals surface area contributed by atoms with Gasteiger partial charge in [-0.3, -0.25) is 10.3 Å². The number of nitrogens with zero attached hydrogens (tertiary/aromatic N) is 2. The second-order valence-electron chi connectivity index (χ2n) is 8.69. The quantitative estimate of drug-likeness (QED) is 0.402. The van der Waals surface area contributed by atoms with Crippen molar-refractivity contribution in [3.05, 3.63) is 70.6 Å². The van der Waals surface area contributed by atoms with Crippen molar-refractivity contribution in [1.29, 1.82) is 5.41 Å². The Hall–Kier alpha value is -2.99. The van der Waals surface area contributed by atoms with E-state index in [1.165, 1.54) is 31.7 Å². The zero-order valence-corrected chi connectivity index (χ0v) is 17.8. The van der Waals surface area contributed by atoms with Crippen LogP contribution < -0.4 is 5.73 Å². The number of rotatable bonds is 5. The summed E-state index contributed by atoms with van der Waals surface area (Å²) in [6, 6.07) is 11.1. The number of hydrogen-bond acceptors (Lipinski definition) is 4. The summed E-state index contributed by atoms with van der Waals surface area (Å²) in [5.74, 6) is 0.301. The highest BCUT2D eigenvalue weighted by molar-refractivity contribution is 6.12. The maximum Gasteiger partial charge on any atom is 0.156 e. The van der Waals surface area contributed by atoms with Gasteiger partial charge in [-0.25, -0.2) is 9.37 Å². The lowest BCUT2D eigenvalue weighted by Gasteiger charge is -2.22. The molecule has 1 fully saturated rings. The average molecular weight is 418 g/mol. The zero-order valence-electron chi connectivity index (χ0n) is 17.8. The number of aromatic amines is 1. The predicted octanol–water partition coefficient (Wildman–Crippen LogP) is 5.03. The van der Waals surface area contributed by atoms with E-state index in [9.17, 15) is 4.39 Å². The van der Waals surface area contributed by atoms with E-state index in [4.69, 9.17) is 16.1 Å². The lowest BCUT2D eigenvalue weighted by molar-refractivity contribution is 0.199. The van der Waals surface area contributed by atoms with Gasteiger partial charge < -0.3 is 10.7 Å². The molecular weight excluding hydrogens is 389 g/mol. The number of benzene rings is 2. The molecule has 0 amide bonds. The summed E-state index contributed by atoms with van der Waals surface area (Å²) in [5, 5.41) is 8.68. The van der Waals surface area contributed by atoms with Crippen molar-refractivity contribution < 1.29 is 4.39 Å². The number of H-pyrrole nitrogens is 1. The second-order valence-corrected chi connectivity index (χ2v) is 8.69. The van der Waals surface area contributed by atoms with Gasteiger partial charge in [-0.1, -0.05) is 38.0 Å². The second kappa shape index (κ2) is 7.93. The molecule has 1 saturated carbocycles. The topological polar surface area (TPSA) is 81.8 Å². The third-order valence-corrected chi connectivity index (χ3v) is 6.74. The van der Waals surface area contributed by atoms with Crippen LogP contribution in [-0.4, -0.2) is 26.6 Å². The van der Waals surface area contributed by atoms with Crippen molar-refractivity contribution in [2.45, 2.75) is 58.2 Å². The molecule has 31 heavy (non-hydrogen) atoms. The largest absolute Gasteiger partial charge is 0.398 e. The van der Waals surface area contributed by atoms with E-state index in [0.717, 1.165) is 47.6 Å². The molecule has 0 spiro atoms. The molecule has 5 rings (SSSR count). The van der Waals surface area contributed by atoms with Crippen LogP contribution in [0.2, 0.25) is 0 Å². The number of nitrogen functional groups attached to an aromatic ring is 1. The molecule has 2 heterocycles. The molecule has 0 unspecified atom stereocenters. The third-order valence-electron chi connectivity index (χ3n) is 6.74. The molecule has 0 atom stereocenters. The summed E-state index contributed by atoms with van der Waals surface area (Å²) in [7, 11) is 0. The fraction of sp³-hybridized carbons (Fsp3) is 0.360. The molecule has 1 aliphatic heterocycles. The smallest absolute Gasteiger partial charge is 0.156 e. The first-order valence-electron chi connectivity index (χ1n) is 11.1. The molecule has 2 aromatic carbocycles. The van der Waals surface area contributed by atoms with Gasteiger partial charge in [-0.15, -0.1) is 0 Å². The number of aryl methyl sites for hydroxylation is 1. The van der Waals surface area contributed by atoms with Crippen molar-refractivity contribution in [3.63, 3.8) is 0 Å². The molecular formula is C25H28FN5. The van der Waals surface area contributed by atoms with Crippen LogP contribution in [0.5, 0.6) is 0 Å². The summed E-state index contributed by atoms with van der Waals surface area (Å²) < 4.78 is 13.8. The van der Waals surface area contributed by atoms with E-state index in [-0.39, 0.29) is 5.82 Å². The maximum atomic E-state index is 13.8. The SMILES string of the molecule is CCc1ccc(F)cc1-c1ccc(C(=N)c2nc3c([nH]2)CN(C2CCCC2)C3)c(N)c1. The first kappa shape index (κ1) is 19.9. The highest BCUT2D eigenvalue weighted by Crippen LogP contribution is 2.32. The van der Waals surface area contributed by atoms with Crippen molar-refractivity contribution in [2.75, 3.05) is 5.73 Å². The van der Waals surface area contributed by atoms with Crippen LogP contribution in [0.3, 0.4) is 0 Å². The predicted molar refractivity (Wildman–Crippen MR) is 122 cm³/mol. The number of fused-ring (bicyclic) bond motifs is 1. The Morgan fingerprint density at radius 3 is 2.71 bits per heavy atom. The number of anilines is 1. The van der Waals surface area contributed by atoms with Crippen LogP contribution in [0, 0.1) is 11.2 Å². The highest BCUT2D eigenvalue weighted by Gasteiger charge is 2.31. The molecule has 1 aliphatic carbocycles. The number of hydrogen-bond donors (Lipinski definition) is 3. The lowest BCUT2D eigenvalue weighted by atomic mass is 9.95. The Bertz CT molecular complexity index is 1120. The zero-order chi connectivity index (χ0) is 21.5. The minimum atomic E-state index is -0.265. The molecule has 0 radical (unpaired) electrons. The van der Waals surface area contributed by atoms with Gasteiger partial charge in [0.25, 0.3) is 0 Å². The van der Waals surface area contributed by atoms with E-state index in [0.29, 0.717) is 28.8 Å². The summed E-state index contributed by atoms with van der Waals surface area (Å²) >= 11 is 0. The molecule has 3 aromatic rings. The van der Waals surface area contributed by atoms with Crippen LogP contribution in [0.15, 0.2) is 36.4 Å². The minimum Gasteiger partial charge on any atom is -0.398 e. The van der Waals surface area contributed by atoms with Gasteiger partial charge in [0.2, 0.25) is 0 Å². The van der Waals surface area contributed by atoms with Gasteiger partial charge in [-0.05, 0) is 54.2 Å². The molecule has 0 bridgehead atoms. The Balaban J connectivity index is 1.38. The molecule has 160 valence electrons. The monoisotopic (exact) mass is 417 g/mol. The minimum absolute atomic E-state index is 0.265. The van der Waals surface area contributed by atoms with E-state index in [1.54, 1.807) is 6.07 Å². The maximum absolute atomic E-state index is 13.8. The van der Waals surface area contributed by atoms with Crippen molar-refractivity contribution in [2.24, 2.45) is 0 Å². The lowest BCUT2D eigenvalue weighted by Crippen LogP contribution is -2.28. The van der Waals surface area contributed by atoms with Gasteiger partial charge in [-0.2, -0.15) is 0 Å². The molecule has 5 nitrogen and oxygen atoms in total. The van der Waals surface area contributed by atoms with Crippen LogP contribution >= 0.6 is 0 Å². The van der Waals surface area contributed by atoms with Crippen molar-refractivity contribution >= 4 is 11.4 Å². The fourth-order valence-electron chi connectivity index (χ4n) is 5.02. The van der Waals surface area contributed by atoms with E-state index >= 15 is 0 Å². The molecule has 1 aromatic heterocycles. The fourth-order valence-corrected chi connectivity index (χ4v) is 5.02. The average Bonchev–Trinajstić information content (AvgIpc) is 3.49. The van der Waals surface area contributed by atoms with E-state index < -0.39 is 0 Å². The Morgan fingerprint density at radius 1 is 1.19 bits per heavy atom. The number of nitrogens with two attached hydrogens (primary N) is 1. The Morgan fingerprint density at radius 2 is 2.00 bits per heavy atom. The van der Waals surface area contributed by atoms with Gasteiger partial charge in [0.05, 0.1) is 11.4 Å². The van der Waals surface area contributed by atoms with E-state index in [1.807, 2.05) is 31.2 Å². The summed E-state index contributed by atoms with van der Waals surface area (Å²) in [4.78, 5) is 10.6. The van der Waals surface area contributed by atoms with Gasteiger partial charge in [0, 0.05) is 30.4 Å². The first-order valence-corrected chi connectivity index (χ1v) is 11.1. The summed E-state index contributed by atoms with van der Waals surface area (Å²) in [5.41, 5.74) is 12.7. The van der Waals surface area contributed by atoms with Gasteiger partial charge >= 0.3 is 0 Å². The number of halogens is 1. The molecule has 6 heteroatoms. The van der Waals surface area contributed by atoms with Crippen molar-refractivity contribution in [3.8, 4) is 11.1 Å². The standard InChI is InChI=1S/C25H28FN5/c1-2-15-7-9-17(26)12-20(15)16-8-10-19(21(27)11-16)24(28)25-29-22-13-31(14-23(22)30-25)18-5-3-4-6-18/h7-12,18,28H,2-6,13-14,27H2,1H3,(H,29,30). The number of aromatic nitrogens is 2. The van der Waals surface area contributed by atoms with Crippen LogP contribution in [-0.2, 0) is 19.5 Å². The van der Waals surface area contributed by atoms with Crippen molar-refractivity contribution in [1.82, 2.24) is 14.9 Å². The Labute approximate surface area is 182 Å². The number of nitrogens with one attached hydrogen (secondary N) is 2. The van der Waals surface area contributed by atoms with Crippen LogP contribution in [0.25, 0.3) is 11.1 Å². The highest BCUT2D eigenvalue weighted by atomic mass is 19.1. The molecule has 4 N–H and O–H groups in total. The first-order chi connectivity index (χ1) is 15.0. The normalized spacial score (nSPS) is 16.7. The third kappa shape index (κ3) is 3.65. The molecule has 0 saturated heterocycles. The van der Waals surface area contributed by atoms with E-state index in [2.05, 4.69) is 9.88 Å². The number of imidazole rings is 1. The summed E-state index contributed by atoms with van der Waals surface area (Å²) in [6.45, 7) is 3.79. The van der Waals surface area contributed by atoms with Crippen LogP contribution in [0.4, 0.5) is 10.1 Å².